The van der Waals surface area contributed by atoms with Gasteiger partial charge in [0, 0.05) is 36.2 Å². The molecule has 3 N–H and O–H groups in total. The SMILES string of the molecule is Cc1cccc(NC(=O)Nc2ccc(N3CCC(Cc4ccccc4)CC3)c(C(=O)NC(C)C)c2)c1. The summed E-state index contributed by atoms with van der Waals surface area (Å²) in [6.07, 6.45) is 3.26. The number of urea groups is 1. The van der Waals surface area contributed by atoms with Gasteiger partial charge in [0.05, 0.1) is 5.56 Å². The number of nitrogens with one attached hydrogen (secondary N) is 3. The molecule has 188 valence electrons. The average Bonchev–Trinajstić information content (AvgIpc) is 2.85. The normalized spacial score (nSPS) is 13.9. The lowest BCUT2D eigenvalue weighted by molar-refractivity contribution is 0.0943. The largest absolute Gasteiger partial charge is 0.371 e. The van der Waals surface area contributed by atoms with Crippen molar-refractivity contribution >= 4 is 29.0 Å². The van der Waals surface area contributed by atoms with E-state index >= 15 is 0 Å². The predicted octanol–water partition coefficient (Wildman–Crippen LogP) is 6.24. The van der Waals surface area contributed by atoms with E-state index < -0.39 is 0 Å². The highest BCUT2D eigenvalue weighted by Gasteiger charge is 2.24. The van der Waals surface area contributed by atoms with Gasteiger partial charge in [0.2, 0.25) is 0 Å². The molecule has 1 heterocycles. The lowest BCUT2D eigenvalue weighted by Gasteiger charge is -2.35. The first-order valence-electron chi connectivity index (χ1n) is 12.8. The number of nitrogens with zero attached hydrogens (tertiary/aromatic N) is 1. The maximum atomic E-state index is 13.1. The number of rotatable bonds is 7. The van der Waals surface area contributed by atoms with Crippen molar-refractivity contribution in [2.24, 2.45) is 5.92 Å². The standard InChI is InChI=1S/C30H36N4O2/c1-21(2)31-29(35)27-20-26(33-30(36)32-25-11-7-8-22(3)18-25)12-13-28(27)34-16-14-24(15-17-34)19-23-9-5-4-6-10-23/h4-13,18,20-21,24H,14-17,19H2,1-3H3,(H,31,35)(H2,32,33,36). The molecule has 1 aliphatic heterocycles. The summed E-state index contributed by atoms with van der Waals surface area (Å²) in [4.78, 5) is 28.0. The first-order chi connectivity index (χ1) is 17.4. The van der Waals surface area contributed by atoms with Gasteiger partial charge in [-0.05, 0) is 87.4 Å². The fraction of sp³-hybridized carbons (Fsp3) is 0.333. The van der Waals surface area contributed by atoms with Crippen molar-refractivity contribution in [2.75, 3.05) is 28.6 Å². The number of hydrogen-bond donors (Lipinski definition) is 3. The second-order valence-electron chi connectivity index (χ2n) is 9.93. The van der Waals surface area contributed by atoms with E-state index in [1.807, 2.05) is 57.2 Å². The Bertz CT molecular complexity index is 1180. The summed E-state index contributed by atoms with van der Waals surface area (Å²) in [7, 11) is 0. The zero-order valence-corrected chi connectivity index (χ0v) is 21.4. The number of hydrogen-bond acceptors (Lipinski definition) is 3. The van der Waals surface area contributed by atoms with E-state index in [0.717, 1.165) is 49.3 Å². The molecule has 0 aromatic heterocycles. The lowest BCUT2D eigenvalue weighted by Crippen LogP contribution is -2.37. The van der Waals surface area contributed by atoms with Crippen LogP contribution < -0.4 is 20.9 Å². The van der Waals surface area contributed by atoms with Crippen LogP contribution in [0.2, 0.25) is 0 Å². The first kappa shape index (κ1) is 25.3. The maximum Gasteiger partial charge on any atom is 0.323 e. The Hall–Kier alpha value is -3.80. The zero-order valence-electron chi connectivity index (χ0n) is 21.4. The van der Waals surface area contributed by atoms with E-state index in [2.05, 4.69) is 51.2 Å². The van der Waals surface area contributed by atoms with E-state index in [1.165, 1.54) is 5.56 Å². The summed E-state index contributed by atoms with van der Waals surface area (Å²) in [5, 5.41) is 8.74. The van der Waals surface area contributed by atoms with Crippen molar-refractivity contribution in [1.29, 1.82) is 0 Å². The van der Waals surface area contributed by atoms with Crippen molar-refractivity contribution in [3.8, 4) is 0 Å². The van der Waals surface area contributed by atoms with Crippen LogP contribution in [0.4, 0.5) is 21.9 Å². The quantitative estimate of drug-likeness (QED) is 0.372. The topological polar surface area (TPSA) is 73.5 Å². The summed E-state index contributed by atoms with van der Waals surface area (Å²) in [6.45, 7) is 7.68. The van der Waals surface area contributed by atoms with Gasteiger partial charge < -0.3 is 20.9 Å². The molecule has 0 unspecified atom stereocenters. The number of piperidine rings is 1. The summed E-state index contributed by atoms with van der Waals surface area (Å²) in [5.74, 6) is 0.511. The Kier molecular flexibility index (Phi) is 8.26. The van der Waals surface area contributed by atoms with Gasteiger partial charge in [-0.1, -0.05) is 42.5 Å². The molecule has 0 aliphatic carbocycles. The lowest BCUT2D eigenvalue weighted by atomic mass is 9.89. The highest BCUT2D eigenvalue weighted by Crippen LogP contribution is 2.30. The maximum absolute atomic E-state index is 13.1. The molecule has 0 bridgehead atoms. The van der Waals surface area contributed by atoms with Gasteiger partial charge in [-0.15, -0.1) is 0 Å². The van der Waals surface area contributed by atoms with Gasteiger partial charge in [0.15, 0.2) is 0 Å². The van der Waals surface area contributed by atoms with Gasteiger partial charge in [-0.25, -0.2) is 4.79 Å². The molecule has 0 saturated carbocycles. The Morgan fingerprint density at radius 1 is 0.889 bits per heavy atom. The third-order valence-corrected chi connectivity index (χ3v) is 6.52. The smallest absolute Gasteiger partial charge is 0.323 e. The second-order valence-corrected chi connectivity index (χ2v) is 9.93. The molecule has 3 amide bonds. The first-order valence-corrected chi connectivity index (χ1v) is 12.8. The Labute approximate surface area is 214 Å². The van der Waals surface area contributed by atoms with Crippen LogP contribution in [0.15, 0.2) is 72.8 Å². The number of carbonyl (C=O) groups excluding carboxylic acids is 2. The summed E-state index contributed by atoms with van der Waals surface area (Å²) in [6, 6.07) is 23.5. The third kappa shape index (κ3) is 6.87. The molecule has 36 heavy (non-hydrogen) atoms. The van der Waals surface area contributed by atoms with Crippen molar-refractivity contribution in [3.05, 3.63) is 89.5 Å². The van der Waals surface area contributed by atoms with Crippen molar-refractivity contribution in [3.63, 3.8) is 0 Å². The van der Waals surface area contributed by atoms with E-state index in [0.29, 0.717) is 17.2 Å². The highest BCUT2D eigenvalue weighted by molar-refractivity contribution is 6.04. The van der Waals surface area contributed by atoms with Crippen LogP contribution in [0.25, 0.3) is 0 Å². The minimum atomic E-state index is -0.342. The van der Waals surface area contributed by atoms with Crippen LogP contribution in [0, 0.1) is 12.8 Å². The van der Waals surface area contributed by atoms with Gasteiger partial charge >= 0.3 is 6.03 Å². The molecule has 1 aliphatic rings. The Morgan fingerprint density at radius 3 is 2.25 bits per heavy atom. The molecule has 3 aromatic carbocycles. The monoisotopic (exact) mass is 484 g/mol. The van der Waals surface area contributed by atoms with Crippen LogP contribution in [0.1, 0.15) is 48.2 Å². The van der Waals surface area contributed by atoms with Crippen LogP contribution in [-0.2, 0) is 6.42 Å². The fourth-order valence-electron chi connectivity index (χ4n) is 4.75. The van der Waals surface area contributed by atoms with E-state index in [-0.39, 0.29) is 18.0 Å². The minimum absolute atomic E-state index is 0.0168. The van der Waals surface area contributed by atoms with Gasteiger partial charge in [0.1, 0.15) is 0 Å². The van der Waals surface area contributed by atoms with Crippen molar-refractivity contribution in [2.45, 2.75) is 46.1 Å². The number of anilines is 3. The van der Waals surface area contributed by atoms with Crippen LogP contribution in [-0.4, -0.2) is 31.1 Å². The minimum Gasteiger partial charge on any atom is -0.371 e. The van der Waals surface area contributed by atoms with Crippen molar-refractivity contribution in [1.82, 2.24) is 5.32 Å². The predicted molar refractivity (Wildman–Crippen MR) is 148 cm³/mol. The fourth-order valence-corrected chi connectivity index (χ4v) is 4.75. The summed E-state index contributed by atoms with van der Waals surface area (Å²) >= 11 is 0. The number of benzene rings is 3. The molecule has 0 radical (unpaired) electrons. The molecule has 3 aromatic rings. The number of amides is 3. The third-order valence-electron chi connectivity index (χ3n) is 6.52. The molecule has 1 fully saturated rings. The van der Waals surface area contributed by atoms with Gasteiger partial charge in [-0.3, -0.25) is 4.79 Å². The van der Waals surface area contributed by atoms with E-state index in [9.17, 15) is 9.59 Å². The molecule has 0 spiro atoms. The average molecular weight is 485 g/mol. The number of carbonyl (C=O) groups is 2. The molecule has 0 atom stereocenters. The molecule has 6 heteroatoms. The van der Waals surface area contributed by atoms with Crippen molar-refractivity contribution < 1.29 is 9.59 Å². The molecule has 6 nitrogen and oxygen atoms in total. The Balaban J connectivity index is 1.46. The number of aryl methyl sites for hydroxylation is 1. The Morgan fingerprint density at radius 2 is 1.58 bits per heavy atom. The molecular formula is C30H36N4O2. The second kappa shape index (κ2) is 11.8. The summed E-state index contributed by atoms with van der Waals surface area (Å²) < 4.78 is 0. The molecule has 1 saturated heterocycles. The highest BCUT2D eigenvalue weighted by atomic mass is 16.2. The molecular weight excluding hydrogens is 448 g/mol. The van der Waals surface area contributed by atoms with Crippen LogP contribution in [0.3, 0.4) is 0 Å². The van der Waals surface area contributed by atoms with E-state index in [1.54, 1.807) is 6.07 Å². The zero-order chi connectivity index (χ0) is 25.5. The van der Waals surface area contributed by atoms with Crippen LogP contribution in [0.5, 0.6) is 0 Å². The molecule has 4 rings (SSSR count). The van der Waals surface area contributed by atoms with Gasteiger partial charge in [-0.2, -0.15) is 0 Å². The van der Waals surface area contributed by atoms with E-state index in [4.69, 9.17) is 0 Å². The van der Waals surface area contributed by atoms with Crippen LogP contribution >= 0.6 is 0 Å². The summed E-state index contributed by atoms with van der Waals surface area (Å²) in [5.41, 5.74) is 5.25. The van der Waals surface area contributed by atoms with Gasteiger partial charge in [0.25, 0.3) is 5.91 Å².